The molecule has 0 bridgehead atoms. The molecule has 0 unspecified atom stereocenters. The van der Waals surface area contributed by atoms with Gasteiger partial charge in [-0.3, -0.25) is 0 Å². The lowest BCUT2D eigenvalue weighted by molar-refractivity contribution is 0.175. The summed E-state index contributed by atoms with van der Waals surface area (Å²) in [6.45, 7) is 6.86. The molecule has 2 nitrogen and oxygen atoms in total. The molecule has 2 N–H and O–H groups in total. The van der Waals surface area contributed by atoms with Gasteiger partial charge < -0.3 is 10.2 Å². The molecule has 2 heteroatoms. The predicted octanol–water partition coefficient (Wildman–Crippen LogP) is 5.60. The lowest BCUT2D eigenvalue weighted by Crippen LogP contribution is -2.34. The highest BCUT2D eigenvalue weighted by atomic mass is 16.3. The maximum absolute atomic E-state index is 10.3. The van der Waals surface area contributed by atoms with E-state index < -0.39 is 0 Å². The van der Waals surface area contributed by atoms with E-state index in [-0.39, 0.29) is 5.41 Å². The number of hydrogen-bond donors (Lipinski definition) is 2. The third-order valence-electron chi connectivity index (χ3n) is 6.14. The largest absolute Gasteiger partial charge is 0.508 e. The Bertz CT molecular complexity index is 687. The molecule has 1 aliphatic rings. The normalized spacial score (nSPS) is 24.7. The summed E-state index contributed by atoms with van der Waals surface area (Å²) < 4.78 is 0. The summed E-state index contributed by atoms with van der Waals surface area (Å²) in [5.41, 5.74) is 2.31. The fourth-order valence-electron chi connectivity index (χ4n) is 4.40. The molecule has 1 saturated carbocycles. The highest BCUT2D eigenvalue weighted by Crippen LogP contribution is 2.49. The second-order valence-corrected chi connectivity index (χ2v) is 7.92. The quantitative estimate of drug-likeness (QED) is 0.772. The first-order valence-corrected chi connectivity index (χ1v) is 8.97. The molecule has 128 valence electrons. The number of phenolic OH excluding ortho intramolecular Hbond substituents is 2. The topological polar surface area (TPSA) is 40.5 Å². The van der Waals surface area contributed by atoms with Crippen molar-refractivity contribution in [3.05, 3.63) is 59.7 Å². The van der Waals surface area contributed by atoms with E-state index in [1.54, 1.807) is 18.2 Å². The zero-order valence-corrected chi connectivity index (χ0v) is 14.9. The zero-order chi connectivity index (χ0) is 17.3. The maximum Gasteiger partial charge on any atom is 0.119 e. The molecule has 0 radical (unpaired) electrons. The average molecular weight is 324 g/mol. The van der Waals surface area contributed by atoms with Crippen LogP contribution in [0.25, 0.3) is 0 Å². The summed E-state index contributed by atoms with van der Waals surface area (Å²) >= 11 is 0. The van der Waals surface area contributed by atoms with Gasteiger partial charge in [0.2, 0.25) is 0 Å². The van der Waals surface area contributed by atoms with Crippen molar-refractivity contribution in [2.75, 3.05) is 0 Å². The Hall–Kier alpha value is -1.96. The molecule has 2 aromatic rings. The molecular formula is C22H28O2. The van der Waals surface area contributed by atoms with Gasteiger partial charge in [0.1, 0.15) is 11.5 Å². The van der Waals surface area contributed by atoms with E-state index in [1.807, 2.05) is 12.1 Å². The van der Waals surface area contributed by atoms with Crippen molar-refractivity contribution in [1.29, 1.82) is 0 Å². The van der Waals surface area contributed by atoms with Crippen LogP contribution in [-0.2, 0) is 5.41 Å². The van der Waals surface area contributed by atoms with E-state index in [1.165, 1.54) is 18.4 Å². The van der Waals surface area contributed by atoms with Crippen molar-refractivity contribution in [2.45, 2.75) is 51.4 Å². The molecule has 2 aromatic carbocycles. The van der Waals surface area contributed by atoms with E-state index in [0.29, 0.717) is 29.3 Å². The monoisotopic (exact) mass is 324 g/mol. The van der Waals surface area contributed by atoms with Gasteiger partial charge in [-0.05, 0) is 71.8 Å². The zero-order valence-electron chi connectivity index (χ0n) is 14.9. The summed E-state index contributed by atoms with van der Waals surface area (Å²) in [5.74, 6) is 2.41. The Labute approximate surface area is 145 Å². The highest BCUT2D eigenvalue weighted by Gasteiger charge is 2.39. The van der Waals surface area contributed by atoms with E-state index >= 15 is 0 Å². The smallest absolute Gasteiger partial charge is 0.119 e. The van der Waals surface area contributed by atoms with E-state index in [9.17, 15) is 10.2 Å². The Balaban J connectivity index is 1.87. The molecule has 0 aromatic heterocycles. The van der Waals surface area contributed by atoms with Gasteiger partial charge in [0.25, 0.3) is 0 Å². The third-order valence-corrected chi connectivity index (χ3v) is 6.14. The van der Waals surface area contributed by atoms with Gasteiger partial charge in [-0.25, -0.2) is 0 Å². The number of aromatic hydroxyl groups is 2. The molecule has 3 atom stereocenters. The highest BCUT2D eigenvalue weighted by molar-refractivity contribution is 5.38. The van der Waals surface area contributed by atoms with Gasteiger partial charge in [-0.2, -0.15) is 0 Å². The van der Waals surface area contributed by atoms with Crippen molar-refractivity contribution < 1.29 is 10.2 Å². The number of rotatable bonds is 3. The minimum Gasteiger partial charge on any atom is -0.508 e. The molecule has 0 amide bonds. The number of hydrogen-bond acceptors (Lipinski definition) is 2. The maximum atomic E-state index is 10.3. The second kappa shape index (κ2) is 6.51. The fourth-order valence-corrected chi connectivity index (χ4v) is 4.40. The van der Waals surface area contributed by atoms with Crippen molar-refractivity contribution in [3.8, 4) is 11.5 Å². The standard InChI is InChI=1S/C22H28O2/c1-15-8-11-17(14-19(15)16-9-12-18(23)13-10-16)22(2,3)20-6-4-5-7-21(20)24/h4-7,9-10,12-13,15,17,19,23-24H,8,11,14H2,1-3H3/t15-,17-,19-/m0/s1. The van der Waals surface area contributed by atoms with Crippen LogP contribution in [0, 0.1) is 11.8 Å². The van der Waals surface area contributed by atoms with Crippen LogP contribution in [0.15, 0.2) is 48.5 Å². The van der Waals surface area contributed by atoms with Crippen molar-refractivity contribution in [3.63, 3.8) is 0 Å². The first-order valence-electron chi connectivity index (χ1n) is 8.97. The van der Waals surface area contributed by atoms with Gasteiger partial charge in [0.05, 0.1) is 0 Å². The Kier molecular flexibility index (Phi) is 4.58. The first-order chi connectivity index (χ1) is 11.4. The van der Waals surface area contributed by atoms with Crippen LogP contribution >= 0.6 is 0 Å². The van der Waals surface area contributed by atoms with Gasteiger partial charge >= 0.3 is 0 Å². The lowest BCUT2D eigenvalue weighted by Gasteiger charge is -2.43. The molecule has 24 heavy (non-hydrogen) atoms. The first kappa shape index (κ1) is 16.9. The summed E-state index contributed by atoms with van der Waals surface area (Å²) in [5, 5.41) is 19.9. The number of phenols is 2. The Morgan fingerprint density at radius 3 is 2.25 bits per heavy atom. The molecular weight excluding hydrogens is 296 g/mol. The van der Waals surface area contributed by atoms with E-state index in [2.05, 4.69) is 39.0 Å². The van der Waals surface area contributed by atoms with Crippen LogP contribution in [0.1, 0.15) is 57.1 Å². The minimum absolute atomic E-state index is 0.0549. The van der Waals surface area contributed by atoms with Gasteiger partial charge in [-0.15, -0.1) is 0 Å². The SMILES string of the molecule is C[C@H]1CC[C@H](C(C)(C)c2ccccc2O)C[C@@H]1c1ccc(O)cc1. The molecule has 0 aliphatic heterocycles. The Morgan fingerprint density at radius 1 is 0.917 bits per heavy atom. The second-order valence-electron chi connectivity index (χ2n) is 7.92. The van der Waals surface area contributed by atoms with E-state index in [0.717, 1.165) is 12.0 Å². The third kappa shape index (κ3) is 3.15. The van der Waals surface area contributed by atoms with E-state index in [4.69, 9.17) is 0 Å². The van der Waals surface area contributed by atoms with Gasteiger partial charge in [-0.1, -0.05) is 51.1 Å². The molecule has 0 spiro atoms. The average Bonchev–Trinajstić information content (AvgIpc) is 2.56. The van der Waals surface area contributed by atoms with Crippen LogP contribution in [0.2, 0.25) is 0 Å². The van der Waals surface area contributed by atoms with Crippen LogP contribution in [0.3, 0.4) is 0 Å². The lowest BCUT2D eigenvalue weighted by atomic mass is 9.61. The van der Waals surface area contributed by atoms with Crippen LogP contribution < -0.4 is 0 Å². The fraction of sp³-hybridized carbons (Fsp3) is 0.455. The molecule has 0 heterocycles. The van der Waals surface area contributed by atoms with Crippen molar-refractivity contribution in [1.82, 2.24) is 0 Å². The summed E-state index contributed by atoms with van der Waals surface area (Å²) in [6, 6.07) is 15.5. The molecule has 1 fully saturated rings. The van der Waals surface area contributed by atoms with Crippen LogP contribution in [-0.4, -0.2) is 10.2 Å². The minimum atomic E-state index is -0.0549. The molecule has 3 rings (SSSR count). The number of para-hydroxylation sites is 1. The Morgan fingerprint density at radius 2 is 1.58 bits per heavy atom. The molecule has 1 aliphatic carbocycles. The summed E-state index contributed by atoms with van der Waals surface area (Å²) in [4.78, 5) is 0. The van der Waals surface area contributed by atoms with Crippen LogP contribution in [0.5, 0.6) is 11.5 Å². The van der Waals surface area contributed by atoms with Crippen LogP contribution in [0.4, 0.5) is 0 Å². The van der Waals surface area contributed by atoms with Gasteiger partial charge in [0.15, 0.2) is 0 Å². The van der Waals surface area contributed by atoms with Gasteiger partial charge in [0, 0.05) is 0 Å². The summed E-state index contributed by atoms with van der Waals surface area (Å²) in [7, 11) is 0. The summed E-state index contributed by atoms with van der Waals surface area (Å²) in [6.07, 6.45) is 3.51. The van der Waals surface area contributed by atoms with Crippen molar-refractivity contribution >= 4 is 0 Å². The molecule has 0 saturated heterocycles. The number of benzene rings is 2. The predicted molar refractivity (Wildman–Crippen MR) is 98.5 cm³/mol. The van der Waals surface area contributed by atoms with Crippen molar-refractivity contribution in [2.24, 2.45) is 11.8 Å².